The number of anilines is 1. The van der Waals surface area contributed by atoms with Gasteiger partial charge in [0, 0.05) is 23.5 Å². The van der Waals surface area contributed by atoms with Crippen molar-refractivity contribution in [1.82, 2.24) is 9.55 Å². The summed E-state index contributed by atoms with van der Waals surface area (Å²) in [7, 11) is 0. The van der Waals surface area contributed by atoms with Crippen LogP contribution >= 0.6 is 22.9 Å². The van der Waals surface area contributed by atoms with Crippen LogP contribution in [0.25, 0.3) is 10.7 Å². The SMILES string of the molecule is CCn1cccc1-c1nc(C)c(C(=O)Nc2ccc(C)c(Cl)c2)s1. The van der Waals surface area contributed by atoms with E-state index >= 15 is 0 Å². The van der Waals surface area contributed by atoms with Gasteiger partial charge in [0.2, 0.25) is 0 Å². The van der Waals surface area contributed by atoms with Crippen LogP contribution in [-0.2, 0) is 6.54 Å². The average Bonchev–Trinajstić information content (AvgIpc) is 3.16. The standard InChI is InChI=1S/C18H18ClN3OS/c1-4-22-9-5-6-15(22)18-20-12(3)16(24-18)17(23)21-13-8-7-11(2)14(19)10-13/h5-10H,4H2,1-3H3,(H,21,23). The molecular weight excluding hydrogens is 342 g/mol. The largest absolute Gasteiger partial charge is 0.346 e. The zero-order valence-electron chi connectivity index (χ0n) is 13.8. The van der Waals surface area contributed by atoms with Crippen LogP contribution in [0.4, 0.5) is 5.69 Å². The third-order valence-corrected chi connectivity index (χ3v) is 5.41. The first-order valence-electron chi connectivity index (χ1n) is 7.70. The number of amides is 1. The van der Waals surface area contributed by atoms with E-state index in [1.165, 1.54) is 11.3 Å². The quantitative estimate of drug-likeness (QED) is 0.699. The van der Waals surface area contributed by atoms with Crippen LogP contribution in [-0.4, -0.2) is 15.5 Å². The smallest absolute Gasteiger partial charge is 0.267 e. The van der Waals surface area contributed by atoms with E-state index in [0.29, 0.717) is 15.6 Å². The molecule has 3 aromatic rings. The van der Waals surface area contributed by atoms with Crippen LogP contribution in [0.1, 0.15) is 27.9 Å². The lowest BCUT2D eigenvalue weighted by atomic mass is 10.2. The van der Waals surface area contributed by atoms with Crippen LogP contribution in [0.3, 0.4) is 0 Å². The molecule has 0 radical (unpaired) electrons. The van der Waals surface area contributed by atoms with Crippen molar-refractivity contribution < 1.29 is 4.79 Å². The lowest BCUT2D eigenvalue weighted by Gasteiger charge is -2.06. The van der Waals surface area contributed by atoms with E-state index in [4.69, 9.17) is 11.6 Å². The van der Waals surface area contributed by atoms with E-state index in [2.05, 4.69) is 21.8 Å². The Morgan fingerprint density at radius 1 is 1.33 bits per heavy atom. The molecule has 0 aliphatic rings. The molecule has 124 valence electrons. The summed E-state index contributed by atoms with van der Waals surface area (Å²) >= 11 is 7.52. The molecular formula is C18H18ClN3OS. The molecule has 0 aliphatic heterocycles. The molecule has 6 heteroatoms. The van der Waals surface area contributed by atoms with E-state index in [1.54, 1.807) is 6.07 Å². The lowest BCUT2D eigenvalue weighted by molar-refractivity contribution is 0.103. The highest BCUT2D eigenvalue weighted by molar-refractivity contribution is 7.17. The van der Waals surface area contributed by atoms with Crippen molar-refractivity contribution in [2.24, 2.45) is 0 Å². The van der Waals surface area contributed by atoms with Gasteiger partial charge in [0.1, 0.15) is 9.88 Å². The second kappa shape index (κ2) is 6.79. The molecule has 3 rings (SSSR count). The Morgan fingerprint density at radius 2 is 2.12 bits per heavy atom. The maximum atomic E-state index is 12.6. The fraction of sp³-hybridized carbons (Fsp3) is 0.222. The molecule has 0 unspecified atom stereocenters. The Labute approximate surface area is 150 Å². The van der Waals surface area contributed by atoms with E-state index in [-0.39, 0.29) is 5.91 Å². The fourth-order valence-corrected chi connectivity index (χ4v) is 3.64. The molecule has 0 fully saturated rings. The number of hydrogen-bond acceptors (Lipinski definition) is 3. The summed E-state index contributed by atoms with van der Waals surface area (Å²) in [6, 6.07) is 9.50. The second-order valence-corrected chi connectivity index (χ2v) is 6.94. The maximum absolute atomic E-state index is 12.6. The number of carbonyl (C=O) groups excluding carboxylic acids is 1. The summed E-state index contributed by atoms with van der Waals surface area (Å²) < 4.78 is 2.11. The predicted octanol–water partition coefficient (Wildman–Crippen LogP) is 5.15. The third-order valence-electron chi connectivity index (χ3n) is 3.82. The molecule has 4 nitrogen and oxygen atoms in total. The first-order chi connectivity index (χ1) is 11.5. The molecule has 0 saturated heterocycles. The van der Waals surface area contributed by atoms with Crippen molar-refractivity contribution in [3.63, 3.8) is 0 Å². The number of aromatic nitrogens is 2. The number of carbonyl (C=O) groups is 1. The van der Waals surface area contributed by atoms with Gasteiger partial charge in [-0.1, -0.05) is 17.7 Å². The molecule has 1 N–H and O–H groups in total. The first-order valence-corrected chi connectivity index (χ1v) is 8.89. The topological polar surface area (TPSA) is 46.9 Å². The molecule has 0 saturated carbocycles. The summed E-state index contributed by atoms with van der Waals surface area (Å²) in [6.07, 6.45) is 2.01. The fourth-order valence-electron chi connectivity index (χ4n) is 2.46. The van der Waals surface area contributed by atoms with Gasteiger partial charge in [-0.2, -0.15) is 0 Å². The Balaban J connectivity index is 1.87. The number of nitrogens with zero attached hydrogens (tertiary/aromatic N) is 2. The van der Waals surface area contributed by atoms with Gasteiger partial charge < -0.3 is 9.88 Å². The van der Waals surface area contributed by atoms with Crippen molar-refractivity contribution in [3.8, 4) is 10.7 Å². The summed E-state index contributed by atoms with van der Waals surface area (Å²) in [4.78, 5) is 17.8. The first kappa shape index (κ1) is 16.7. The summed E-state index contributed by atoms with van der Waals surface area (Å²) in [5.74, 6) is -0.161. The van der Waals surface area contributed by atoms with E-state index in [9.17, 15) is 4.79 Å². The number of rotatable bonds is 4. The Morgan fingerprint density at radius 3 is 2.83 bits per heavy atom. The van der Waals surface area contributed by atoms with Crippen molar-refractivity contribution >= 4 is 34.5 Å². The Hall–Kier alpha value is -2.11. The van der Waals surface area contributed by atoms with E-state index in [0.717, 1.165) is 28.5 Å². The lowest BCUT2D eigenvalue weighted by Crippen LogP contribution is -2.11. The highest BCUT2D eigenvalue weighted by Gasteiger charge is 2.18. The summed E-state index contributed by atoms with van der Waals surface area (Å²) in [6.45, 7) is 6.73. The normalized spacial score (nSPS) is 10.8. The number of nitrogens with one attached hydrogen (secondary N) is 1. The number of aryl methyl sites for hydroxylation is 3. The molecule has 1 amide bonds. The van der Waals surface area contributed by atoms with Gasteiger partial charge >= 0.3 is 0 Å². The zero-order valence-corrected chi connectivity index (χ0v) is 15.3. The average molecular weight is 360 g/mol. The van der Waals surface area contributed by atoms with Crippen molar-refractivity contribution in [1.29, 1.82) is 0 Å². The van der Waals surface area contributed by atoms with Crippen LogP contribution in [0.5, 0.6) is 0 Å². The van der Waals surface area contributed by atoms with Gasteiger partial charge in [-0.25, -0.2) is 4.98 Å². The molecule has 2 aromatic heterocycles. The molecule has 0 spiro atoms. The van der Waals surface area contributed by atoms with Crippen LogP contribution in [0, 0.1) is 13.8 Å². The van der Waals surface area contributed by atoms with Crippen molar-refractivity contribution in [2.75, 3.05) is 5.32 Å². The number of hydrogen-bond donors (Lipinski definition) is 1. The van der Waals surface area contributed by atoms with Gasteiger partial charge in [-0.15, -0.1) is 11.3 Å². The molecule has 1 aromatic carbocycles. The van der Waals surface area contributed by atoms with Gasteiger partial charge in [0.25, 0.3) is 5.91 Å². The Kier molecular flexibility index (Phi) is 4.73. The van der Waals surface area contributed by atoms with Gasteiger partial charge in [-0.05, 0) is 50.6 Å². The summed E-state index contributed by atoms with van der Waals surface area (Å²) in [5.41, 5.74) is 3.42. The van der Waals surface area contributed by atoms with Crippen molar-refractivity contribution in [3.05, 3.63) is 57.7 Å². The van der Waals surface area contributed by atoms with Gasteiger partial charge in [0.15, 0.2) is 0 Å². The van der Waals surface area contributed by atoms with Gasteiger partial charge in [0.05, 0.1) is 11.4 Å². The minimum Gasteiger partial charge on any atom is -0.346 e. The molecule has 0 aliphatic carbocycles. The minimum atomic E-state index is -0.161. The Bertz CT molecular complexity index is 898. The summed E-state index contributed by atoms with van der Waals surface area (Å²) in [5, 5.41) is 4.38. The van der Waals surface area contributed by atoms with E-state index in [1.807, 2.05) is 44.3 Å². The maximum Gasteiger partial charge on any atom is 0.267 e. The monoisotopic (exact) mass is 359 g/mol. The number of benzene rings is 1. The van der Waals surface area contributed by atoms with Crippen LogP contribution < -0.4 is 5.32 Å². The molecule has 2 heterocycles. The molecule has 24 heavy (non-hydrogen) atoms. The molecule has 0 bridgehead atoms. The van der Waals surface area contributed by atoms with Gasteiger partial charge in [-0.3, -0.25) is 4.79 Å². The highest BCUT2D eigenvalue weighted by Crippen LogP contribution is 2.29. The van der Waals surface area contributed by atoms with E-state index < -0.39 is 0 Å². The zero-order chi connectivity index (χ0) is 17.3. The van der Waals surface area contributed by atoms with Crippen LogP contribution in [0.2, 0.25) is 5.02 Å². The highest BCUT2D eigenvalue weighted by atomic mass is 35.5. The van der Waals surface area contributed by atoms with Crippen molar-refractivity contribution in [2.45, 2.75) is 27.3 Å². The number of thiazole rings is 1. The predicted molar refractivity (Wildman–Crippen MR) is 100 cm³/mol. The minimum absolute atomic E-state index is 0.161. The van der Waals surface area contributed by atoms with Crippen LogP contribution in [0.15, 0.2) is 36.5 Å². The number of halogens is 1. The second-order valence-electron chi connectivity index (χ2n) is 5.53. The molecule has 0 atom stereocenters. The third kappa shape index (κ3) is 3.23.